The molecule has 0 aromatic carbocycles. The van der Waals surface area contributed by atoms with Gasteiger partial charge in [0.1, 0.15) is 10.8 Å². The highest BCUT2D eigenvalue weighted by molar-refractivity contribution is 7.71. The largest absolute Gasteiger partial charge is 0.424 e. The van der Waals surface area contributed by atoms with E-state index in [1.54, 1.807) is 0 Å². The Morgan fingerprint density at radius 3 is 2.79 bits per heavy atom. The molecule has 2 unspecified atom stereocenters. The Bertz CT molecular complexity index is 938. The number of halogens is 3. The van der Waals surface area contributed by atoms with Crippen LogP contribution in [-0.4, -0.2) is 54.9 Å². The number of nitrogens with zero attached hydrogens (tertiary/aromatic N) is 4. The molecule has 1 amide bonds. The molecule has 0 radical (unpaired) electrons. The highest BCUT2D eigenvalue weighted by Crippen LogP contribution is 2.43. The van der Waals surface area contributed by atoms with E-state index < -0.39 is 29.1 Å². The predicted octanol–water partition coefficient (Wildman–Crippen LogP) is 3.27. The van der Waals surface area contributed by atoms with Crippen molar-refractivity contribution < 1.29 is 23.1 Å². The van der Waals surface area contributed by atoms with Gasteiger partial charge in [-0.25, -0.2) is 4.98 Å². The molecule has 1 saturated heterocycles. The summed E-state index contributed by atoms with van der Waals surface area (Å²) < 4.78 is 43.3. The van der Waals surface area contributed by atoms with Crippen LogP contribution in [0.25, 0.3) is 0 Å². The van der Waals surface area contributed by atoms with Gasteiger partial charge in [0.2, 0.25) is 11.5 Å². The third-order valence-electron chi connectivity index (χ3n) is 5.09. The summed E-state index contributed by atoms with van der Waals surface area (Å²) in [6, 6.07) is 0. The Kier molecular flexibility index (Phi) is 6.16. The van der Waals surface area contributed by atoms with E-state index in [0.717, 1.165) is 6.42 Å². The molecule has 3 heterocycles. The molecule has 3 rings (SSSR count). The van der Waals surface area contributed by atoms with Crippen molar-refractivity contribution in [1.82, 2.24) is 24.6 Å². The zero-order chi connectivity index (χ0) is 21.4. The Morgan fingerprint density at radius 1 is 1.48 bits per heavy atom. The molecule has 1 aliphatic rings. The molecule has 2 aromatic rings. The number of piperidine rings is 1. The zero-order valence-corrected chi connectivity index (χ0v) is 17.6. The van der Waals surface area contributed by atoms with Crippen LogP contribution in [0.3, 0.4) is 0 Å². The van der Waals surface area contributed by atoms with Crippen LogP contribution in [0, 0.1) is 11.7 Å². The van der Waals surface area contributed by atoms with Crippen LogP contribution in [0.4, 0.5) is 13.2 Å². The van der Waals surface area contributed by atoms with E-state index in [-0.39, 0.29) is 12.5 Å². The van der Waals surface area contributed by atoms with E-state index in [4.69, 9.17) is 12.2 Å². The summed E-state index contributed by atoms with van der Waals surface area (Å²) in [6.45, 7) is 4.61. The minimum absolute atomic E-state index is 0.137. The normalized spacial score (nSPS) is 19.9. The third kappa shape index (κ3) is 4.24. The summed E-state index contributed by atoms with van der Waals surface area (Å²) in [6.07, 6.45) is -4.75. The number of carbonyl (C=O) groups excluding carboxylic acids is 1. The van der Waals surface area contributed by atoms with Crippen LogP contribution in [0.2, 0.25) is 0 Å². The maximum absolute atomic E-state index is 13.7. The van der Waals surface area contributed by atoms with E-state index in [2.05, 4.69) is 15.2 Å². The van der Waals surface area contributed by atoms with Crippen molar-refractivity contribution in [3.8, 4) is 0 Å². The highest BCUT2D eigenvalue weighted by atomic mass is 32.1. The van der Waals surface area contributed by atoms with Crippen molar-refractivity contribution in [3.63, 3.8) is 0 Å². The van der Waals surface area contributed by atoms with Gasteiger partial charge < -0.3 is 14.6 Å². The van der Waals surface area contributed by atoms with E-state index in [1.165, 1.54) is 17.2 Å². The van der Waals surface area contributed by atoms with Gasteiger partial charge in [0.05, 0.1) is 6.42 Å². The Labute approximate surface area is 174 Å². The quantitative estimate of drug-likeness (QED) is 0.685. The second-order valence-electron chi connectivity index (χ2n) is 7.14. The molecule has 0 spiro atoms. The Morgan fingerprint density at radius 2 is 2.21 bits per heavy atom. The number of likely N-dealkylation sites (tertiary alicyclic amines) is 1. The number of aryl methyl sites for hydroxylation is 1. The average Bonchev–Trinajstić information content (AvgIpc) is 3.26. The fraction of sp³-hybridized carbons (Fsp3) is 0.647. The summed E-state index contributed by atoms with van der Waals surface area (Å²) in [5, 5.41) is 18.3. The Hall–Kier alpha value is -1.79. The lowest BCUT2D eigenvalue weighted by Crippen LogP contribution is -2.48. The van der Waals surface area contributed by atoms with Crippen LogP contribution in [0.1, 0.15) is 48.6 Å². The number of H-pyrrole nitrogens is 1. The molecule has 29 heavy (non-hydrogen) atoms. The van der Waals surface area contributed by atoms with Crippen molar-refractivity contribution in [2.75, 3.05) is 13.1 Å². The molecule has 2 aromatic heterocycles. The van der Waals surface area contributed by atoms with E-state index in [9.17, 15) is 23.1 Å². The fourth-order valence-corrected chi connectivity index (χ4v) is 4.72. The molecule has 1 fully saturated rings. The fourth-order valence-electron chi connectivity index (χ4n) is 3.53. The smallest absolute Gasteiger partial charge is 0.374 e. The number of nitrogens with one attached hydrogen (secondary N) is 1. The first-order valence-electron chi connectivity index (χ1n) is 9.21. The molecular formula is C17H22F3N5O2S2. The Balaban J connectivity index is 1.81. The lowest BCUT2D eigenvalue weighted by atomic mass is 9.94. The van der Waals surface area contributed by atoms with Gasteiger partial charge in [-0.1, -0.05) is 0 Å². The van der Waals surface area contributed by atoms with Crippen molar-refractivity contribution >= 4 is 29.5 Å². The topological polar surface area (TPSA) is 87.0 Å². The van der Waals surface area contributed by atoms with Gasteiger partial charge in [-0.05, 0) is 38.9 Å². The highest BCUT2D eigenvalue weighted by Gasteiger charge is 2.58. The minimum atomic E-state index is -5.02. The first kappa shape index (κ1) is 21.9. The van der Waals surface area contributed by atoms with Crippen LogP contribution in [0.5, 0.6) is 0 Å². The number of rotatable bonds is 5. The average molecular weight is 450 g/mol. The maximum Gasteiger partial charge on any atom is 0.424 e. The number of aliphatic hydroxyl groups is 1. The number of amides is 1. The molecular weight excluding hydrogens is 427 g/mol. The van der Waals surface area contributed by atoms with Gasteiger partial charge in [-0.2, -0.15) is 18.3 Å². The summed E-state index contributed by atoms with van der Waals surface area (Å²) in [4.78, 5) is 17.9. The van der Waals surface area contributed by atoms with Crippen LogP contribution >= 0.6 is 23.6 Å². The molecule has 12 heteroatoms. The number of hydrogen-bond acceptors (Lipinski definition) is 6. The van der Waals surface area contributed by atoms with Crippen molar-refractivity contribution in [1.29, 1.82) is 0 Å². The monoisotopic (exact) mass is 449 g/mol. The lowest BCUT2D eigenvalue weighted by molar-refractivity contribution is -0.268. The van der Waals surface area contributed by atoms with Gasteiger partial charge >= 0.3 is 6.18 Å². The second kappa shape index (κ2) is 8.15. The van der Waals surface area contributed by atoms with Gasteiger partial charge in [-0.3, -0.25) is 9.89 Å². The first-order valence-corrected chi connectivity index (χ1v) is 10.5. The maximum atomic E-state index is 13.7. The molecule has 1 aliphatic heterocycles. The zero-order valence-electron chi connectivity index (χ0n) is 16.0. The number of aromatic amines is 1. The lowest BCUT2D eigenvalue weighted by Gasteiger charge is -2.35. The summed E-state index contributed by atoms with van der Waals surface area (Å²) >= 11 is 5.89. The SMILES string of the molecule is CCn1c(C2CCCN(C(=O)CC(O)(c3nc(C)cs3)C(F)(F)F)C2)n[nH]c1=S. The number of thiazole rings is 1. The summed E-state index contributed by atoms with van der Waals surface area (Å²) in [5.74, 6) is -0.210. The third-order valence-corrected chi connectivity index (χ3v) is 6.51. The molecule has 0 aliphatic carbocycles. The van der Waals surface area contributed by atoms with Crippen molar-refractivity contribution in [3.05, 3.63) is 26.7 Å². The molecule has 0 bridgehead atoms. The molecule has 0 saturated carbocycles. The van der Waals surface area contributed by atoms with Crippen molar-refractivity contribution in [2.24, 2.45) is 0 Å². The molecule has 2 N–H and O–H groups in total. The van der Waals surface area contributed by atoms with E-state index in [0.29, 0.717) is 47.1 Å². The van der Waals surface area contributed by atoms with Gasteiger partial charge in [0.15, 0.2) is 4.77 Å². The van der Waals surface area contributed by atoms with Crippen molar-refractivity contribution in [2.45, 2.75) is 57.3 Å². The summed E-state index contributed by atoms with van der Waals surface area (Å²) in [7, 11) is 0. The van der Waals surface area contributed by atoms with Crippen LogP contribution < -0.4 is 0 Å². The first-order chi connectivity index (χ1) is 13.6. The molecule has 160 valence electrons. The predicted molar refractivity (Wildman–Crippen MR) is 103 cm³/mol. The minimum Gasteiger partial charge on any atom is -0.374 e. The molecule has 2 atom stereocenters. The number of alkyl halides is 3. The van der Waals surface area contributed by atoms with Crippen LogP contribution in [-0.2, 0) is 16.9 Å². The van der Waals surface area contributed by atoms with Gasteiger partial charge in [0, 0.05) is 36.6 Å². The number of aromatic nitrogens is 4. The van der Waals surface area contributed by atoms with Gasteiger partial charge in [0.25, 0.3) is 0 Å². The number of carbonyl (C=O) groups is 1. The van der Waals surface area contributed by atoms with E-state index >= 15 is 0 Å². The summed E-state index contributed by atoms with van der Waals surface area (Å²) in [5.41, 5.74) is -2.94. The standard InChI is InChI=1S/C17H22F3N5O2S2/c1-3-25-13(22-23-15(25)28)11-5-4-6-24(8-11)12(26)7-16(27,17(18,19)20)14-21-10(2)9-29-14/h9,11,27H,3-8H2,1-2H3,(H,23,28). The van der Waals surface area contributed by atoms with Gasteiger partial charge in [-0.15, -0.1) is 11.3 Å². The second-order valence-corrected chi connectivity index (χ2v) is 8.38. The number of hydrogen-bond donors (Lipinski definition) is 2. The van der Waals surface area contributed by atoms with E-state index in [1.807, 2.05) is 11.5 Å². The van der Waals surface area contributed by atoms with Crippen LogP contribution in [0.15, 0.2) is 5.38 Å². The molecule has 7 nitrogen and oxygen atoms in total.